The molecule has 18 heavy (non-hydrogen) atoms. The molecule has 6 heteroatoms. The summed E-state index contributed by atoms with van der Waals surface area (Å²) in [5.41, 5.74) is 6.86. The first-order valence-corrected chi connectivity index (χ1v) is 5.95. The van der Waals surface area contributed by atoms with Crippen molar-refractivity contribution < 1.29 is 1.37 Å². The summed E-state index contributed by atoms with van der Waals surface area (Å²) < 4.78 is 9.91. The first kappa shape index (κ1) is 9.87. The third kappa shape index (κ3) is 1.90. The second kappa shape index (κ2) is 4.29. The highest BCUT2D eigenvalue weighted by Crippen LogP contribution is 2.19. The summed E-state index contributed by atoms with van der Waals surface area (Å²) in [5, 5.41) is 4.09. The van der Waals surface area contributed by atoms with Crippen molar-refractivity contribution in [2.24, 2.45) is 0 Å². The predicted octanol–water partition coefficient (Wildman–Crippen LogP) is 1.07. The van der Waals surface area contributed by atoms with E-state index in [0.29, 0.717) is 11.3 Å². The van der Waals surface area contributed by atoms with Gasteiger partial charge in [-0.15, -0.1) is 0 Å². The molecule has 1 saturated heterocycles. The number of anilines is 2. The van der Waals surface area contributed by atoms with E-state index in [1.165, 1.54) is 17.3 Å². The molecule has 3 rings (SSSR count). The van der Waals surface area contributed by atoms with Crippen LogP contribution in [0.25, 0.3) is 0 Å². The van der Waals surface area contributed by atoms with E-state index in [9.17, 15) is 0 Å². The van der Waals surface area contributed by atoms with Gasteiger partial charge in [-0.05, 0) is 13.3 Å². The smallest absolute Gasteiger partial charge is 0.225 e. The lowest BCUT2D eigenvalue weighted by Gasteiger charge is -2.30. The van der Waals surface area contributed by atoms with Crippen LogP contribution in [0.5, 0.6) is 0 Å². The molecule has 0 bridgehead atoms. The number of hydrogen-bond acceptors (Lipinski definition) is 5. The van der Waals surface area contributed by atoms with E-state index < -0.39 is 6.02 Å². The normalized spacial score (nSPS) is 18.9. The molecule has 2 aromatic rings. The van der Waals surface area contributed by atoms with Crippen LogP contribution in [0, 0.1) is 0 Å². The van der Waals surface area contributed by atoms with Crippen LogP contribution in [0.1, 0.15) is 26.3 Å². The van der Waals surface area contributed by atoms with Crippen LogP contribution in [0.3, 0.4) is 0 Å². The van der Waals surface area contributed by atoms with E-state index in [4.69, 9.17) is 7.10 Å². The van der Waals surface area contributed by atoms with Crippen molar-refractivity contribution in [2.45, 2.75) is 19.4 Å². The highest BCUT2D eigenvalue weighted by Gasteiger charge is 2.17. The fourth-order valence-corrected chi connectivity index (χ4v) is 1.84. The lowest BCUT2D eigenvalue weighted by molar-refractivity contribution is 0.557. The van der Waals surface area contributed by atoms with Gasteiger partial charge in [0.25, 0.3) is 0 Å². The molecule has 94 valence electrons. The largest absolute Gasteiger partial charge is 0.396 e. The van der Waals surface area contributed by atoms with Crippen LogP contribution in [0.2, 0.25) is 0 Å². The van der Waals surface area contributed by atoms with Gasteiger partial charge in [0.15, 0.2) is 0 Å². The minimum absolute atomic E-state index is 0.539. The summed E-state index contributed by atoms with van der Waals surface area (Å²) in [7, 11) is 0. The van der Waals surface area contributed by atoms with Gasteiger partial charge in [-0.25, -0.2) is 9.97 Å². The van der Waals surface area contributed by atoms with Gasteiger partial charge in [-0.1, -0.05) is 0 Å². The Balaban J connectivity index is 1.88. The Morgan fingerprint density at radius 2 is 2.06 bits per heavy atom. The first-order valence-electron chi connectivity index (χ1n) is 6.45. The molecule has 0 aliphatic carbocycles. The number of hydrogen-bond donors (Lipinski definition) is 1. The van der Waals surface area contributed by atoms with Crippen LogP contribution < -0.4 is 10.6 Å². The Morgan fingerprint density at radius 1 is 1.33 bits per heavy atom. The van der Waals surface area contributed by atoms with Crippen molar-refractivity contribution >= 4 is 11.6 Å². The summed E-state index contributed by atoms with van der Waals surface area (Å²) in [6, 6.07) is -1.06. The molecule has 1 aliphatic heterocycles. The van der Waals surface area contributed by atoms with Crippen molar-refractivity contribution in [3.05, 3.63) is 30.4 Å². The predicted molar refractivity (Wildman–Crippen MR) is 69.3 cm³/mol. The quantitative estimate of drug-likeness (QED) is 0.875. The van der Waals surface area contributed by atoms with Gasteiger partial charge in [0.2, 0.25) is 5.95 Å². The van der Waals surface area contributed by atoms with Gasteiger partial charge in [0.1, 0.15) is 0 Å². The molecule has 0 saturated carbocycles. The molecular formula is C12H16N6. The molecule has 1 atom stereocenters. The van der Waals surface area contributed by atoms with Crippen molar-refractivity contribution in [2.75, 3.05) is 23.7 Å². The van der Waals surface area contributed by atoms with Gasteiger partial charge in [-0.2, -0.15) is 5.10 Å². The molecule has 2 N–H and O–H groups in total. The summed E-state index contributed by atoms with van der Waals surface area (Å²) in [6.07, 6.45) is 7.73. The second-order valence-electron chi connectivity index (χ2n) is 4.42. The molecule has 0 spiro atoms. The van der Waals surface area contributed by atoms with E-state index in [2.05, 4.69) is 20.0 Å². The van der Waals surface area contributed by atoms with Crippen LogP contribution in [-0.2, 0) is 0 Å². The molecule has 0 amide bonds. The summed E-state index contributed by atoms with van der Waals surface area (Å²) in [5.74, 6) is 0.728. The molecule has 0 aromatic carbocycles. The average molecular weight is 245 g/mol. The number of nitrogen functional groups attached to an aromatic ring is 1. The number of nitrogens with two attached hydrogens (primary N) is 1. The topological polar surface area (TPSA) is 72.9 Å². The SMILES string of the molecule is [2H]C(C)(c1cnc(N2CCC2)nc1)n1cc(N)cn1. The Bertz CT molecular complexity index is 572. The van der Waals surface area contributed by atoms with Crippen LogP contribution in [0.4, 0.5) is 11.6 Å². The minimum atomic E-state index is -1.06. The van der Waals surface area contributed by atoms with E-state index in [0.717, 1.165) is 19.0 Å². The maximum Gasteiger partial charge on any atom is 0.225 e. The lowest BCUT2D eigenvalue weighted by atomic mass is 10.2. The van der Waals surface area contributed by atoms with Crippen LogP contribution in [0.15, 0.2) is 24.8 Å². The molecule has 2 aromatic heterocycles. The van der Waals surface area contributed by atoms with E-state index in [1.807, 2.05) is 0 Å². The van der Waals surface area contributed by atoms with Crippen molar-refractivity contribution in [1.29, 1.82) is 0 Å². The van der Waals surface area contributed by atoms with E-state index in [1.54, 1.807) is 25.5 Å². The highest BCUT2D eigenvalue weighted by molar-refractivity contribution is 5.34. The molecular weight excluding hydrogens is 228 g/mol. The van der Waals surface area contributed by atoms with Gasteiger partial charge >= 0.3 is 0 Å². The van der Waals surface area contributed by atoms with Gasteiger partial charge in [-0.3, -0.25) is 4.68 Å². The summed E-state index contributed by atoms with van der Waals surface area (Å²) >= 11 is 0. The van der Waals surface area contributed by atoms with Crippen LogP contribution in [-0.4, -0.2) is 32.8 Å². The molecule has 0 radical (unpaired) electrons. The fraction of sp³-hybridized carbons (Fsp3) is 0.417. The van der Waals surface area contributed by atoms with E-state index >= 15 is 0 Å². The van der Waals surface area contributed by atoms with Crippen LogP contribution >= 0.6 is 0 Å². The van der Waals surface area contributed by atoms with E-state index in [-0.39, 0.29) is 0 Å². The van der Waals surface area contributed by atoms with Gasteiger partial charge < -0.3 is 10.6 Å². The zero-order valence-corrected chi connectivity index (χ0v) is 10.2. The Morgan fingerprint density at radius 3 is 2.56 bits per heavy atom. The van der Waals surface area contributed by atoms with Crippen molar-refractivity contribution in [3.63, 3.8) is 0 Å². The zero-order valence-electron chi connectivity index (χ0n) is 11.2. The molecule has 1 aliphatic rings. The van der Waals surface area contributed by atoms with Crippen molar-refractivity contribution in [3.8, 4) is 0 Å². The third-order valence-corrected chi connectivity index (χ3v) is 3.14. The summed E-state index contributed by atoms with van der Waals surface area (Å²) in [6.45, 7) is 3.75. The number of rotatable bonds is 3. The number of nitrogens with zero attached hydrogens (tertiary/aromatic N) is 5. The Hall–Kier alpha value is -2.11. The average Bonchev–Trinajstić information content (AvgIpc) is 2.75. The lowest BCUT2D eigenvalue weighted by Crippen LogP contribution is -2.38. The maximum absolute atomic E-state index is 8.41. The zero-order chi connectivity index (χ0) is 13.5. The number of aromatic nitrogens is 4. The Kier molecular flexibility index (Phi) is 2.35. The molecule has 6 nitrogen and oxygen atoms in total. The highest BCUT2D eigenvalue weighted by atomic mass is 15.3. The fourth-order valence-electron chi connectivity index (χ4n) is 1.84. The first-order chi connectivity index (χ1) is 9.07. The standard InChI is InChI=1S/C12H16N6/c1-9(18-8-11(13)7-16-18)10-5-14-12(15-6-10)17-3-2-4-17/h5-9H,2-4,13H2,1H3/i9D. The molecule has 3 heterocycles. The summed E-state index contributed by atoms with van der Waals surface area (Å²) in [4.78, 5) is 10.8. The van der Waals surface area contributed by atoms with Crippen molar-refractivity contribution in [1.82, 2.24) is 19.7 Å². The molecule has 1 unspecified atom stereocenters. The van der Waals surface area contributed by atoms with Gasteiger partial charge in [0, 0.05) is 37.2 Å². The third-order valence-electron chi connectivity index (χ3n) is 3.14. The second-order valence-corrected chi connectivity index (χ2v) is 4.42. The minimum Gasteiger partial charge on any atom is -0.396 e. The maximum atomic E-state index is 8.41. The Labute approximate surface area is 107 Å². The monoisotopic (exact) mass is 245 g/mol. The molecule has 1 fully saturated rings. The van der Waals surface area contributed by atoms with Gasteiger partial charge in [0.05, 0.1) is 19.3 Å².